The Hall–Kier alpha value is -2.44. The van der Waals surface area contributed by atoms with Crippen molar-refractivity contribution in [1.29, 1.82) is 0 Å². The summed E-state index contributed by atoms with van der Waals surface area (Å²) in [5.74, 6) is 0.867. The van der Waals surface area contributed by atoms with Gasteiger partial charge in [-0.25, -0.2) is 4.98 Å². The fourth-order valence-electron chi connectivity index (χ4n) is 3.07. The molecule has 2 aromatic carbocycles. The highest BCUT2D eigenvalue weighted by molar-refractivity contribution is 7.22. The second kappa shape index (κ2) is 9.17. The number of hydrogen-bond donors (Lipinski definition) is 1. The van der Waals surface area contributed by atoms with Gasteiger partial charge in [0.25, 0.3) is 0 Å². The van der Waals surface area contributed by atoms with Crippen LogP contribution in [0, 0.1) is 0 Å². The van der Waals surface area contributed by atoms with Crippen LogP contribution in [0.2, 0.25) is 0 Å². The van der Waals surface area contributed by atoms with Crippen molar-refractivity contribution >= 4 is 32.6 Å². The van der Waals surface area contributed by atoms with Crippen molar-refractivity contribution in [2.75, 3.05) is 39.2 Å². The summed E-state index contributed by atoms with van der Waals surface area (Å²) >= 11 is 1.60. The summed E-state index contributed by atoms with van der Waals surface area (Å²) in [5.41, 5.74) is 3.22. The predicted molar refractivity (Wildman–Crippen MR) is 116 cm³/mol. The normalized spacial score (nSPS) is 11.2. The van der Waals surface area contributed by atoms with E-state index < -0.39 is 0 Å². The number of quaternary nitrogens is 1. The van der Waals surface area contributed by atoms with Crippen molar-refractivity contribution in [1.82, 2.24) is 4.98 Å². The molecule has 0 spiro atoms. The summed E-state index contributed by atoms with van der Waals surface area (Å²) < 4.78 is 6.34. The van der Waals surface area contributed by atoms with E-state index in [1.165, 1.54) is 10.5 Å². The smallest absolute Gasteiger partial charge is 0.233 e. The summed E-state index contributed by atoms with van der Waals surface area (Å²) in [6.07, 6.45) is 1.28. The molecule has 0 fully saturated rings. The number of anilines is 1. The molecule has 3 aromatic rings. The van der Waals surface area contributed by atoms with Crippen LogP contribution in [-0.4, -0.2) is 45.2 Å². The molecule has 0 aliphatic carbocycles. The largest absolute Gasteiger partial charge is 0.497 e. The third-order valence-corrected chi connectivity index (χ3v) is 5.80. The first-order valence-corrected chi connectivity index (χ1v) is 10.4. The third-order valence-electron chi connectivity index (χ3n) is 4.75. The predicted octanol–water partition coefficient (Wildman–Crippen LogP) is 2.59. The van der Waals surface area contributed by atoms with Crippen LogP contribution in [-0.2, 0) is 17.6 Å². The molecule has 148 valence electrons. The molecule has 5 nitrogen and oxygen atoms in total. The molecule has 0 bridgehead atoms. The number of thiazole rings is 1. The number of methoxy groups -OCH3 is 1. The van der Waals surface area contributed by atoms with Gasteiger partial charge in [0, 0.05) is 0 Å². The van der Waals surface area contributed by atoms with Gasteiger partial charge in [0.05, 0.1) is 50.9 Å². The number of benzene rings is 2. The van der Waals surface area contributed by atoms with E-state index in [0.29, 0.717) is 13.0 Å². The van der Waals surface area contributed by atoms with Crippen LogP contribution >= 0.6 is 11.3 Å². The Balaban J connectivity index is 1.88. The first-order valence-electron chi connectivity index (χ1n) is 9.62. The van der Waals surface area contributed by atoms with Gasteiger partial charge in [-0.2, -0.15) is 0 Å². The Bertz CT molecular complexity index is 935. The average molecular weight is 399 g/mol. The zero-order valence-electron chi connectivity index (χ0n) is 17.0. The highest BCUT2D eigenvalue weighted by Gasteiger charge is 2.21. The van der Waals surface area contributed by atoms with E-state index in [-0.39, 0.29) is 5.91 Å². The monoisotopic (exact) mass is 398 g/mol. The lowest BCUT2D eigenvalue weighted by Crippen LogP contribution is -3.06. The molecule has 0 aliphatic heterocycles. The van der Waals surface area contributed by atoms with Gasteiger partial charge in [-0.05, 0) is 35.7 Å². The number of aryl methyl sites for hydroxylation is 1. The minimum atomic E-state index is 0.0727. The van der Waals surface area contributed by atoms with Crippen LogP contribution < -0.4 is 14.5 Å². The van der Waals surface area contributed by atoms with Crippen molar-refractivity contribution in [3.63, 3.8) is 0 Å². The lowest BCUT2D eigenvalue weighted by Gasteiger charge is -2.20. The Labute approximate surface area is 170 Å². The minimum absolute atomic E-state index is 0.0727. The van der Waals surface area contributed by atoms with Gasteiger partial charge in [0.15, 0.2) is 5.13 Å². The summed E-state index contributed by atoms with van der Waals surface area (Å²) in [6.45, 7) is 3.65. The number of para-hydroxylation sites is 1. The van der Waals surface area contributed by atoms with E-state index >= 15 is 0 Å². The summed E-state index contributed by atoms with van der Waals surface area (Å²) in [4.78, 5) is 21.2. The van der Waals surface area contributed by atoms with E-state index in [2.05, 4.69) is 39.2 Å². The van der Waals surface area contributed by atoms with Crippen LogP contribution in [0.25, 0.3) is 10.2 Å². The van der Waals surface area contributed by atoms with Crippen molar-refractivity contribution in [3.8, 4) is 5.75 Å². The van der Waals surface area contributed by atoms with Gasteiger partial charge < -0.3 is 9.64 Å². The van der Waals surface area contributed by atoms with E-state index in [9.17, 15) is 4.79 Å². The summed E-state index contributed by atoms with van der Waals surface area (Å²) in [6, 6.07) is 13.9. The molecule has 0 atom stereocenters. The Morgan fingerprint density at radius 2 is 1.93 bits per heavy atom. The molecule has 0 unspecified atom stereocenters. The molecule has 1 N–H and O–H groups in total. The van der Waals surface area contributed by atoms with E-state index in [1.54, 1.807) is 18.4 Å². The first kappa shape index (κ1) is 20.3. The number of fused-ring (bicyclic) bond motifs is 1. The molecular formula is C22H28N3O2S+. The number of ether oxygens (including phenoxy) is 1. The van der Waals surface area contributed by atoms with Crippen LogP contribution in [0.4, 0.5) is 5.13 Å². The number of rotatable bonds is 8. The molecule has 3 rings (SSSR count). The zero-order chi connectivity index (χ0) is 20.1. The number of carbonyl (C=O) groups excluding carboxylic acids is 1. The van der Waals surface area contributed by atoms with Gasteiger partial charge in [0.2, 0.25) is 5.91 Å². The molecule has 1 heterocycles. The Morgan fingerprint density at radius 3 is 2.57 bits per heavy atom. The molecule has 1 aromatic heterocycles. The maximum absolute atomic E-state index is 13.2. The lowest BCUT2D eigenvalue weighted by atomic mass is 10.1. The Morgan fingerprint density at radius 1 is 1.18 bits per heavy atom. The molecule has 0 saturated heterocycles. The van der Waals surface area contributed by atoms with Gasteiger partial charge in [-0.3, -0.25) is 9.69 Å². The lowest BCUT2D eigenvalue weighted by molar-refractivity contribution is -0.856. The fourth-order valence-corrected chi connectivity index (χ4v) is 4.13. The summed E-state index contributed by atoms with van der Waals surface area (Å²) in [7, 11) is 5.84. The zero-order valence-corrected chi connectivity index (χ0v) is 17.8. The molecule has 28 heavy (non-hydrogen) atoms. The van der Waals surface area contributed by atoms with E-state index in [1.807, 2.05) is 29.2 Å². The number of aromatic nitrogens is 1. The van der Waals surface area contributed by atoms with E-state index in [0.717, 1.165) is 39.6 Å². The highest BCUT2D eigenvalue weighted by atomic mass is 32.1. The van der Waals surface area contributed by atoms with Crippen LogP contribution in [0.3, 0.4) is 0 Å². The average Bonchev–Trinajstić information content (AvgIpc) is 3.12. The number of nitrogens with one attached hydrogen (secondary N) is 1. The maximum Gasteiger partial charge on any atom is 0.233 e. The third kappa shape index (κ3) is 4.69. The van der Waals surface area contributed by atoms with Crippen LogP contribution in [0.15, 0.2) is 42.5 Å². The Kier molecular flexibility index (Phi) is 6.65. The SMILES string of the molecule is CCc1cccc2sc(N(CC[NH+](C)C)C(=O)Cc3ccc(OC)cc3)nc12. The number of nitrogens with zero attached hydrogens (tertiary/aromatic N) is 2. The number of carbonyl (C=O) groups is 1. The highest BCUT2D eigenvalue weighted by Crippen LogP contribution is 2.31. The van der Waals surface area contributed by atoms with Crippen LogP contribution in [0.1, 0.15) is 18.1 Å². The topological polar surface area (TPSA) is 46.9 Å². The molecule has 0 aliphatic rings. The van der Waals surface area contributed by atoms with Crippen molar-refractivity contribution in [2.45, 2.75) is 19.8 Å². The van der Waals surface area contributed by atoms with E-state index in [4.69, 9.17) is 9.72 Å². The molecule has 1 amide bonds. The molecule has 6 heteroatoms. The van der Waals surface area contributed by atoms with Gasteiger partial charge in [0.1, 0.15) is 5.75 Å². The fraction of sp³-hybridized carbons (Fsp3) is 0.364. The first-order chi connectivity index (χ1) is 13.5. The van der Waals surface area contributed by atoms with Crippen molar-refractivity contribution in [2.24, 2.45) is 0 Å². The number of likely N-dealkylation sites (N-methyl/N-ethyl adjacent to an activating group) is 1. The standard InChI is InChI=1S/C22H27N3O2S/c1-5-17-7-6-8-19-21(17)23-22(28-19)25(14-13-24(2)3)20(26)15-16-9-11-18(27-4)12-10-16/h6-12H,5,13-15H2,1-4H3/p+1. The number of hydrogen-bond acceptors (Lipinski definition) is 4. The molecule has 0 radical (unpaired) electrons. The van der Waals surface area contributed by atoms with Crippen LogP contribution in [0.5, 0.6) is 5.75 Å². The number of amides is 1. The van der Waals surface area contributed by atoms with Gasteiger partial charge in [-0.1, -0.05) is 42.5 Å². The second-order valence-electron chi connectivity index (χ2n) is 7.14. The minimum Gasteiger partial charge on any atom is -0.497 e. The second-order valence-corrected chi connectivity index (χ2v) is 8.15. The van der Waals surface area contributed by atoms with Gasteiger partial charge >= 0.3 is 0 Å². The quantitative estimate of drug-likeness (QED) is 0.634. The summed E-state index contributed by atoms with van der Waals surface area (Å²) in [5, 5.41) is 0.788. The van der Waals surface area contributed by atoms with Gasteiger partial charge in [-0.15, -0.1) is 0 Å². The van der Waals surface area contributed by atoms with Crippen molar-refractivity contribution in [3.05, 3.63) is 53.6 Å². The maximum atomic E-state index is 13.2. The molecular weight excluding hydrogens is 370 g/mol. The van der Waals surface area contributed by atoms with Crippen molar-refractivity contribution < 1.29 is 14.4 Å². The molecule has 0 saturated carbocycles.